The molecule has 0 saturated carbocycles. The number of rotatable bonds is 11. The lowest BCUT2D eigenvalue weighted by Crippen LogP contribution is -2.36. The van der Waals surface area contributed by atoms with Crippen LogP contribution >= 0.6 is 23.7 Å². The van der Waals surface area contributed by atoms with Gasteiger partial charge in [0, 0.05) is 12.6 Å². The summed E-state index contributed by atoms with van der Waals surface area (Å²) in [5.74, 6) is -1.07. The maximum atomic E-state index is 13.6. The fourth-order valence-electron chi connectivity index (χ4n) is 3.60. The van der Waals surface area contributed by atoms with Gasteiger partial charge in [-0.25, -0.2) is 9.36 Å². The summed E-state index contributed by atoms with van der Waals surface area (Å²) in [7, 11) is -4.49. The van der Waals surface area contributed by atoms with Crippen LogP contribution in [0.15, 0.2) is 45.0 Å². The predicted octanol–water partition coefficient (Wildman–Crippen LogP) is 3.31. The Bertz CT molecular complexity index is 1380. The van der Waals surface area contributed by atoms with Crippen molar-refractivity contribution in [3.8, 4) is 5.75 Å². The van der Waals surface area contributed by atoms with Gasteiger partial charge in [-0.3, -0.25) is 23.7 Å². The van der Waals surface area contributed by atoms with Gasteiger partial charge in [0.25, 0.3) is 5.56 Å². The zero-order chi connectivity index (χ0) is 29.7. The van der Waals surface area contributed by atoms with E-state index in [1.54, 1.807) is 6.92 Å². The van der Waals surface area contributed by atoms with Crippen molar-refractivity contribution in [1.29, 1.82) is 0 Å². The lowest BCUT2D eigenvalue weighted by atomic mass is 10.2. The summed E-state index contributed by atoms with van der Waals surface area (Å²) >= 11 is 3.04. The summed E-state index contributed by atoms with van der Waals surface area (Å²) in [6.07, 6.45) is -5.48. The van der Waals surface area contributed by atoms with Gasteiger partial charge in [-0.05, 0) is 49.2 Å². The van der Waals surface area contributed by atoms with Crippen molar-refractivity contribution in [2.24, 2.45) is 0 Å². The highest BCUT2D eigenvalue weighted by Crippen LogP contribution is 2.46. The van der Waals surface area contributed by atoms with E-state index in [2.05, 4.69) is 26.0 Å². The molecule has 0 bridgehead atoms. The second-order valence-corrected chi connectivity index (χ2v) is 10.7. The molecular weight excluding hydrogens is 630 g/mol. The number of H-pyrrole nitrogens is 1. The molecule has 1 fully saturated rings. The average Bonchev–Trinajstić information content (AvgIpc) is 3.24. The van der Waals surface area contributed by atoms with E-state index in [-0.39, 0.29) is 24.3 Å². The fourth-order valence-corrected chi connectivity index (χ4v) is 5.39. The van der Waals surface area contributed by atoms with Gasteiger partial charge in [0.1, 0.15) is 24.1 Å². The lowest BCUT2D eigenvalue weighted by Gasteiger charge is -2.24. The maximum absolute atomic E-state index is 13.6. The Morgan fingerprint density at radius 1 is 1.35 bits per heavy atom. The van der Waals surface area contributed by atoms with Gasteiger partial charge in [0.05, 0.1) is 30.4 Å². The molecule has 0 spiro atoms. The lowest BCUT2D eigenvalue weighted by molar-refractivity contribution is -0.144. The van der Waals surface area contributed by atoms with Gasteiger partial charge in [-0.2, -0.15) is 18.3 Å². The summed E-state index contributed by atoms with van der Waals surface area (Å²) in [6.45, 7) is 2.31. The minimum absolute atomic E-state index is 0.0243. The highest BCUT2D eigenvalue weighted by Gasteiger charge is 2.40. The Labute approximate surface area is 233 Å². The van der Waals surface area contributed by atoms with Gasteiger partial charge in [-0.15, -0.1) is 0 Å². The van der Waals surface area contributed by atoms with Crippen molar-refractivity contribution >= 4 is 35.7 Å². The molecule has 1 aliphatic heterocycles. The molecule has 3 rings (SSSR count). The van der Waals surface area contributed by atoms with Crippen molar-refractivity contribution < 1.29 is 46.2 Å². The number of aromatic amines is 1. The molecule has 2 heterocycles. The number of aliphatic hydroxyl groups excluding tert-OH is 1. The Balaban J connectivity index is 1.79. The van der Waals surface area contributed by atoms with Crippen LogP contribution in [-0.4, -0.2) is 52.1 Å². The standard InChI is InChI=1S/C23H26BrF3N3O9P/c1-3-36-21(33)13(2)29-40(35,39-16-6-4-15(5-7-16)23(25,26)27)37-12-18-17(31)10-19(38-18)30-11-14(8-9-24)20(32)28-22(30)34/h4-9,11,13,17-19,31H,3,10,12H2,1-2H3,(H,29,35)(H,28,32,34)/b9-8+/t13-,17+,18+,19+,40?/m0/s1. The van der Waals surface area contributed by atoms with E-state index in [1.165, 1.54) is 24.2 Å². The molecule has 1 aliphatic rings. The number of benzene rings is 1. The maximum Gasteiger partial charge on any atom is 0.459 e. The van der Waals surface area contributed by atoms with Crippen LogP contribution in [0.3, 0.4) is 0 Å². The number of halogens is 4. The van der Waals surface area contributed by atoms with Crippen LogP contribution in [0, 0.1) is 0 Å². The average molecular weight is 656 g/mol. The first-order chi connectivity index (χ1) is 18.8. The van der Waals surface area contributed by atoms with Crippen LogP contribution in [-0.2, 0) is 29.5 Å². The van der Waals surface area contributed by atoms with Crippen LogP contribution < -0.4 is 20.9 Å². The molecule has 0 amide bonds. The summed E-state index contributed by atoms with van der Waals surface area (Å²) in [5.41, 5.74) is -2.28. The Morgan fingerprint density at radius 2 is 2.02 bits per heavy atom. The Kier molecular flexibility index (Phi) is 10.5. The second-order valence-electron chi connectivity index (χ2n) is 8.49. The van der Waals surface area contributed by atoms with E-state index in [4.69, 9.17) is 18.5 Å². The molecular formula is C23H26BrF3N3O9P. The Hall–Kier alpha value is -2.75. The first-order valence-corrected chi connectivity index (χ1v) is 14.2. The van der Waals surface area contributed by atoms with Crippen LogP contribution in [0.2, 0.25) is 0 Å². The van der Waals surface area contributed by atoms with Crippen LogP contribution in [0.5, 0.6) is 5.75 Å². The number of alkyl halides is 3. The number of esters is 1. The van der Waals surface area contributed by atoms with Crippen molar-refractivity contribution in [3.05, 3.63) is 67.4 Å². The smallest absolute Gasteiger partial charge is 0.459 e. The molecule has 1 aromatic heterocycles. The van der Waals surface area contributed by atoms with Crippen LogP contribution in [0.1, 0.15) is 37.6 Å². The quantitative estimate of drug-likeness (QED) is 0.242. The van der Waals surface area contributed by atoms with E-state index in [0.717, 1.165) is 16.7 Å². The van der Waals surface area contributed by atoms with E-state index in [0.29, 0.717) is 12.1 Å². The zero-order valence-corrected chi connectivity index (χ0v) is 23.6. The van der Waals surface area contributed by atoms with E-state index in [1.807, 2.05) is 0 Å². The van der Waals surface area contributed by atoms with E-state index < -0.39 is 67.8 Å². The second kappa shape index (κ2) is 13.3. The molecule has 0 aliphatic carbocycles. The fraction of sp³-hybridized carbons (Fsp3) is 0.435. The molecule has 1 saturated heterocycles. The molecule has 2 aromatic rings. The molecule has 220 valence electrons. The molecule has 1 unspecified atom stereocenters. The normalized spacial score (nSPS) is 21.7. The first kappa shape index (κ1) is 31.8. The first-order valence-electron chi connectivity index (χ1n) is 11.8. The number of nitrogens with one attached hydrogen (secondary N) is 2. The number of carbonyl (C=O) groups excluding carboxylic acids is 1. The zero-order valence-electron chi connectivity index (χ0n) is 21.1. The van der Waals surface area contributed by atoms with Gasteiger partial charge in [0.15, 0.2) is 0 Å². The van der Waals surface area contributed by atoms with Crippen LogP contribution in [0.25, 0.3) is 6.08 Å². The van der Waals surface area contributed by atoms with Gasteiger partial charge < -0.3 is 19.1 Å². The molecule has 17 heteroatoms. The Morgan fingerprint density at radius 3 is 2.62 bits per heavy atom. The third kappa shape index (κ3) is 8.15. The van der Waals surface area contributed by atoms with Crippen molar-refractivity contribution in [3.63, 3.8) is 0 Å². The number of aromatic nitrogens is 2. The number of hydrogen-bond donors (Lipinski definition) is 3. The van der Waals surface area contributed by atoms with Crippen LogP contribution in [0.4, 0.5) is 13.2 Å². The number of nitrogens with zero attached hydrogens (tertiary/aromatic N) is 1. The van der Waals surface area contributed by atoms with Gasteiger partial charge in [-0.1, -0.05) is 15.9 Å². The number of hydrogen-bond acceptors (Lipinski definition) is 9. The van der Waals surface area contributed by atoms with Crippen molar-refractivity contribution in [2.45, 2.75) is 50.9 Å². The molecule has 3 N–H and O–H groups in total. The largest absolute Gasteiger partial charge is 0.465 e. The molecule has 0 radical (unpaired) electrons. The highest BCUT2D eigenvalue weighted by molar-refractivity contribution is 9.11. The van der Waals surface area contributed by atoms with E-state index >= 15 is 0 Å². The molecule has 40 heavy (non-hydrogen) atoms. The van der Waals surface area contributed by atoms with Crippen molar-refractivity contribution in [1.82, 2.24) is 14.6 Å². The van der Waals surface area contributed by atoms with Gasteiger partial charge >= 0.3 is 25.6 Å². The summed E-state index contributed by atoms with van der Waals surface area (Å²) in [5, 5.41) is 12.9. The predicted molar refractivity (Wildman–Crippen MR) is 139 cm³/mol. The van der Waals surface area contributed by atoms with Gasteiger partial charge in [0.2, 0.25) is 0 Å². The summed E-state index contributed by atoms with van der Waals surface area (Å²) in [4.78, 5) is 39.9. The van der Waals surface area contributed by atoms with Crippen molar-refractivity contribution in [2.75, 3.05) is 13.2 Å². The monoisotopic (exact) mass is 655 g/mol. The highest BCUT2D eigenvalue weighted by atomic mass is 79.9. The molecule has 5 atom stereocenters. The number of carbonyl (C=O) groups is 1. The minimum atomic E-state index is -4.61. The summed E-state index contributed by atoms with van der Waals surface area (Å²) in [6, 6.07) is 2.05. The topological polar surface area (TPSA) is 158 Å². The third-order valence-electron chi connectivity index (χ3n) is 5.56. The molecule has 1 aromatic carbocycles. The number of aliphatic hydroxyl groups is 1. The minimum Gasteiger partial charge on any atom is -0.465 e. The summed E-state index contributed by atoms with van der Waals surface area (Å²) < 4.78 is 74.7. The van der Waals surface area contributed by atoms with E-state index in [9.17, 15) is 37.2 Å². The third-order valence-corrected chi connectivity index (χ3v) is 7.47. The SMILES string of the molecule is CCOC(=O)[C@H](C)NP(=O)(OC[C@H]1O[C@@H](n2cc(/C=C/Br)c(=O)[nH]c2=O)C[C@H]1O)Oc1ccc(C(F)(F)F)cc1. The number of ether oxygens (including phenoxy) is 2. The molecule has 12 nitrogen and oxygen atoms in total.